The van der Waals surface area contributed by atoms with E-state index in [1.165, 1.54) is 31.4 Å². The number of rotatable bonds is 8. The molecular weight excluding hydrogens is 268 g/mol. The van der Waals surface area contributed by atoms with Crippen molar-refractivity contribution < 1.29 is 0 Å². The Morgan fingerprint density at radius 3 is 2.70 bits per heavy atom. The van der Waals surface area contributed by atoms with Gasteiger partial charge in [-0.15, -0.1) is 0 Å². The maximum Gasteiger partial charge on any atom is 0.0453 e. The van der Waals surface area contributed by atoms with Gasteiger partial charge in [-0.25, -0.2) is 0 Å². The monoisotopic (exact) mass is 294 g/mol. The maximum absolute atomic E-state index is 6.33. The average Bonchev–Trinajstić information content (AvgIpc) is 2.40. The molecule has 1 aliphatic rings. The molecule has 0 saturated heterocycles. The lowest BCUT2D eigenvalue weighted by atomic mass is 9.85. The van der Waals surface area contributed by atoms with E-state index in [1.54, 1.807) is 0 Å². The molecule has 0 heterocycles. The highest BCUT2D eigenvalue weighted by atomic mass is 35.5. The molecule has 20 heavy (non-hydrogen) atoms. The van der Waals surface area contributed by atoms with Crippen LogP contribution in [0.15, 0.2) is 24.3 Å². The van der Waals surface area contributed by atoms with E-state index in [9.17, 15) is 0 Å². The minimum absolute atomic E-state index is 0.359. The van der Waals surface area contributed by atoms with Crippen LogP contribution in [-0.4, -0.2) is 31.6 Å². The van der Waals surface area contributed by atoms with Crippen LogP contribution in [0, 0.1) is 5.92 Å². The first kappa shape index (κ1) is 15.8. The van der Waals surface area contributed by atoms with Gasteiger partial charge in [0.2, 0.25) is 0 Å². The van der Waals surface area contributed by atoms with Gasteiger partial charge in [0.1, 0.15) is 0 Å². The fourth-order valence-electron chi connectivity index (χ4n) is 2.93. The molecule has 0 aromatic heterocycles. The molecule has 0 radical (unpaired) electrons. The smallest absolute Gasteiger partial charge is 0.0453 e. The summed E-state index contributed by atoms with van der Waals surface area (Å²) in [6, 6.07) is 8.56. The molecule has 0 amide bonds. The van der Waals surface area contributed by atoms with Gasteiger partial charge in [-0.05, 0) is 56.9 Å². The molecule has 1 atom stereocenters. The first-order valence-electron chi connectivity index (χ1n) is 7.87. The fraction of sp³-hybridized carbons (Fsp3) is 0.647. The number of benzene rings is 1. The van der Waals surface area contributed by atoms with Gasteiger partial charge >= 0.3 is 0 Å². The highest BCUT2D eigenvalue weighted by Gasteiger charge is 2.20. The number of hydrogen-bond donors (Lipinski definition) is 1. The van der Waals surface area contributed by atoms with Crippen molar-refractivity contribution in [3.8, 4) is 0 Å². The van der Waals surface area contributed by atoms with E-state index in [1.807, 2.05) is 12.1 Å². The summed E-state index contributed by atoms with van der Waals surface area (Å²) in [6.45, 7) is 5.50. The molecule has 1 aliphatic carbocycles. The van der Waals surface area contributed by atoms with E-state index in [2.05, 4.69) is 36.3 Å². The normalized spacial score (nSPS) is 17.2. The van der Waals surface area contributed by atoms with Gasteiger partial charge in [0, 0.05) is 17.6 Å². The van der Waals surface area contributed by atoms with Crippen LogP contribution in [0.1, 0.15) is 44.2 Å². The zero-order chi connectivity index (χ0) is 14.4. The Hall–Kier alpha value is -0.570. The van der Waals surface area contributed by atoms with Crippen LogP contribution in [0.3, 0.4) is 0 Å². The minimum Gasteiger partial charge on any atom is -0.310 e. The molecule has 2 nitrogen and oxygen atoms in total. The summed E-state index contributed by atoms with van der Waals surface area (Å²) >= 11 is 6.33. The summed E-state index contributed by atoms with van der Waals surface area (Å²) in [4.78, 5) is 2.48. The van der Waals surface area contributed by atoms with E-state index >= 15 is 0 Å². The summed E-state index contributed by atoms with van der Waals surface area (Å²) in [5, 5.41) is 4.44. The predicted octanol–water partition coefficient (Wildman–Crippen LogP) is 4.11. The van der Waals surface area contributed by atoms with Gasteiger partial charge in [0.05, 0.1) is 0 Å². The molecule has 2 rings (SSSR count). The lowest BCUT2D eigenvalue weighted by molar-refractivity contribution is 0.199. The van der Waals surface area contributed by atoms with Crippen molar-refractivity contribution in [1.29, 1.82) is 0 Å². The van der Waals surface area contributed by atoms with Crippen molar-refractivity contribution in [2.24, 2.45) is 5.92 Å². The lowest BCUT2D eigenvalue weighted by Gasteiger charge is -2.31. The third-order valence-corrected chi connectivity index (χ3v) is 4.67. The second kappa shape index (κ2) is 8.02. The predicted molar refractivity (Wildman–Crippen MR) is 87.3 cm³/mol. The third-order valence-electron chi connectivity index (χ3n) is 4.33. The quantitative estimate of drug-likeness (QED) is 0.776. The molecule has 1 fully saturated rings. The van der Waals surface area contributed by atoms with Gasteiger partial charge in [-0.3, -0.25) is 0 Å². The summed E-state index contributed by atoms with van der Waals surface area (Å²) in [6.07, 6.45) is 5.38. The van der Waals surface area contributed by atoms with Crippen molar-refractivity contribution in [3.05, 3.63) is 34.9 Å². The van der Waals surface area contributed by atoms with Crippen molar-refractivity contribution in [2.75, 3.05) is 26.7 Å². The van der Waals surface area contributed by atoms with Crippen LogP contribution >= 0.6 is 11.6 Å². The topological polar surface area (TPSA) is 15.3 Å². The van der Waals surface area contributed by atoms with E-state index in [0.29, 0.717) is 6.04 Å². The van der Waals surface area contributed by atoms with Crippen LogP contribution < -0.4 is 5.32 Å². The zero-order valence-corrected chi connectivity index (χ0v) is 13.5. The number of halogens is 1. The average molecular weight is 295 g/mol. The van der Waals surface area contributed by atoms with Gasteiger partial charge in [-0.2, -0.15) is 0 Å². The Balaban J connectivity index is 1.87. The van der Waals surface area contributed by atoms with Gasteiger partial charge < -0.3 is 10.2 Å². The van der Waals surface area contributed by atoms with Crippen molar-refractivity contribution in [2.45, 2.75) is 38.6 Å². The molecule has 0 bridgehead atoms. The van der Waals surface area contributed by atoms with Gasteiger partial charge in [0.15, 0.2) is 0 Å². The third kappa shape index (κ3) is 4.47. The molecule has 1 aromatic rings. The second-order valence-electron chi connectivity index (χ2n) is 5.98. The van der Waals surface area contributed by atoms with Gasteiger partial charge in [0.25, 0.3) is 0 Å². The van der Waals surface area contributed by atoms with E-state index in [4.69, 9.17) is 11.6 Å². The summed E-state index contributed by atoms with van der Waals surface area (Å²) in [5.41, 5.74) is 1.23. The molecule has 1 aromatic carbocycles. The zero-order valence-electron chi connectivity index (χ0n) is 12.7. The van der Waals surface area contributed by atoms with Crippen LogP contribution in [0.2, 0.25) is 5.02 Å². The molecule has 1 N–H and O–H groups in total. The van der Waals surface area contributed by atoms with Crippen molar-refractivity contribution >= 4 is 11.6 Å². The number of nitrogens with zero attached hydrogens (tertiary/aromatic N) is 1. The Bertz CT molecular complexity index is 404. The standard InChI is InChI=1S/C17H27ClN2/c1-3-19-17(15-9-4-5-10-16(15)18)11-12-20(2)13-14-7-6-8-14/h4-5,9-10,14,17,19H,3,6-8,11-13H2,1-2H3. The highest BCUT2D eigenvalue weighted by molar-refractivity contribution is 6.31. The van der Waals surface area contributed by atoms with E-state index < -0.39 is 0 Å². The highest BCUT2D eigenvalue weighted by Crippen LogP contribution is 2.28. The Kier molecular flexibility index (Phi) is 6.34. The second-order valence-corrected chi connectivity index (χ2v) is 6.39. The number of nitrogens with one attached hydrogen (secondary N) is 1. The van der Waals surface area contributed by atoms with Crippen LogP contribution in [0.4, 0.5) is 0 Å². The van der Waals surface area contributed by atoms with Crippen LogP contribution in [0.25, 0.3) is 0 Å². The maximum atomic E-state index is 6.33. The molecule has 0 spiro atoms. The Morgan fingerprint density at radius 2 is 2.10 bits per heavy atom. The first-order valence-corrected chi connectivity index (χ1v) is 8.24. The summed E-state index contributed by atoms with van der Waals surface area (Å²) < 4.78 is 0. The molecule has 1 unspecified atom stereocenters. The molecule has 112 valence electrons. The summed E-state index contributed by atoms with van der Waals surface area (Å²) in [5.74, 6) is 0.942. The van der Waals surface area contributed by atoms with Gasteiger partial charge in [-0.1, -0.05) is 43.1 Å². The summed E-state index contributed by atoms with van der Waals surface area (Å²) in [7, 11) is 2.24. The number of hydrogen-bond acceptors (Lipinski definition) is 2. The SMILES string of the molecule is CCNC(CCN(C)CC1CCC1)c1ccccc1Cl. The Labute approximate surface area is 128 Å². The first-order chi connectivity index (χ1) is 9.70. The molecule has 1 saturated carbocycles. The minimum atomic E-state index is 0.359. The lowest BCUT2D eigenvalue weighted by Crippen LogP contribution is -2.32. The van der Waals surface area contributed by atoms with Crippen LogP contribution in [-0.2, 0) is 0 Å². The van der Waals surface area contributed by atoms with E-state index in [-0.39, 0.29) is 0 Å². The van der Waals surface area contributed by atoms with Crippen molar-refractivity contribution in [1.82, 2.24) is 10.2 Å². The van der Waals surface area contributed by atoms with E-state index in [0.717, 1.165) is 30.5 Å². The molecule has 0 aliphatic heterocycles. The molecular formula is C17H27ClN2. The van der Waals surface area contributed by atoms with Crippen molar-refractivity contribution in [3.63, 3.8) is 0 Å². The van der Waals surface area contributed by atoms with Crippen LogP contribution in [0.5, 0.6) is 0 Å². The Morgan fingerprint density at radius 1 is 1.35 bits per heavy atom. The largest absolute Gasteiger partial charge is 0.310 e. The molecule has 3 heteroatoms. The fourth-order valence-corrected chi connectivity index (χ4v) is 3.20.